The molecule has 14 rings (SSSR count). The van der Waals surface area contributed by atoms with E-state index in [0.29, 0.717) is 116 Å². The summed E-state index contributed by atoms with van der Waals surface area (Å²) in [6, 6.07) is 33.5. The monoisotopic (exact) mass is 2300 g/mol. The van der Waals surface area contributed by atoms with E-state index in [-0.39, 0.29) is 160 Å². The van der Waals surface area contributed by atoms with Gasteiger partial charge in [0, 0.05) is 112 Å². The van der Waals surface area contributed by atoms with Crippen LogP contribution in [0.4, 0.5) is 32.2 Å². The summed E-state index contributed by atoms with van der Waals surface area (Å²) >= 11 is 23.1. The summed E-state index contributed by atoms with van der Waals surface area (Å²) in [6.07, 6.45) is 14.5. The fraction of sp³-hybridized carbons (Fsp3) is 0.253. The number of aryl methyl sites for hydroxylation is 3. The molecule has 0 aliphatic rings. The summed E-state index contributed by atoms with van der Waals surface area (Å²) < 4.78 is 137. The van der Waals surface area contributed by atoms with Crippen LogP contribution in [-0.2, 0) is 67.0 Å². The van der Waals surface area contributed by atoms with Gasteiger partial charge in [-0.1, -0.05) is 0 Å². The first-order valence-corrected chi connectivity index (χ1v) is 48.4. The van der Waals surface area contributed by atoms with Gasteiger partial charge >= 0.3 is 52.7 Å². The molecule has 143 heavy (non-hydrogen) atoms. The van der Waals surface area contributed by atoms with Crippen molar-refractivity contribution >= 4 is 161 Å². The smallest absolute Gasteiger partial charge is 1.00 e. The Morgan fingerprint density at radius 1 is 0.406 bits per heavy atom. The van der Waals surface area contributed by atoms with Crippen molar-refractivity contribution in [2.75, 3.05) is 55.5 Å². The Hall–Kier alpha value is -12.0. The van der Waals surface area contributed by atoms with Crippen molar-refractivity contribution in [1.29, 1.82) is 0 Å². The van der Waals surface area contributed by atoms with Gasteiger partial charge in [0.2, 0.25) is 35.3 Å². The molecule has 0 saturated carbocycles. The van der Waals surface area contributed by atoms with Gasteiger partial charge in [-0.15, -0.1) is 0 Å². The molecule has 0 bridgehead atoms. The average molecular weight is 2310 g/mol. The minimum atomic E-state index is -3.22. The molecular formula is C95H94BCl4F6I2N16NaO17P. The fourth-order valence-corrected chi connectivity index (χ4v) is 12.8. The van der Waals surface area contributed by atoms with Crippen LogP contribution in [0.2, 0.25) is 0 Å². The molecule has 0 amide bonds. The van der Waals surface area contributed by atoms with Crippen LogP contribution in [0.5, 0.6) is 35.3 Å². The molecule has 0 fully saturated rings. The second kappa shape index (κ2) is 59.3. The van der Waals surface area contributed by atoms with E-state index in [1.807, 2.05) is 54.0 Å². The zero-order chi connectivity index (χ0) is 104. The molecular weight excluding hydrogens is 2210 g/mol. The number of Topliss-reactive ketones (excluding diaryl/α,β-unsaturated/α-hetero) is 3. The van der Waals surface area contributed by atoms with Crippen LogP contribution >= 0.6 is 95.7 Å². The molecule has 8 heterocycles. The number of anilines is 1. The first-order valence-electron chi connectivity index (χ1n) is 41.5. The van der Waals surface area contributed by atoms with E-state index in [9.17, 15) is 64.5 Å². The van der Waals surface area contributed by atoms with Gasteiger partial charge in [0.25, 0.3) is 5.24 Å². The van der Waals surface area contributed by atoms with E-state index in [0.717, 1.165) is 24.3 Å². The Labute approximate surface area is 890 Å². The number of hydrogen-bond donors (Lipinski definition) is 2. The van der Waals surface area contributed by atoms with Crippen LogP contribution in [-0.4, -0.2) is 178 Å². The first kappa shape index (κ1) is 122. The summed E-state index contributed by atoms with van der Waals surface area (Å²) in [7, 11) is 10.2. The van der Waals surface area contributed by atoms with E-state index >= 15 is 0 Å². The maximum absolute atomic E-state index is 13.1. The van der Waals surface area contributed by atoms with Gasteiger partial charge in [0.15, 0.2) is 23.0 Å². The van der Waals surface area contributed by atoms with Crippen molar-refractivity contribution in [3.05, 3.63) is 300 Å². The average Bonchev–Trinajstić information content (AvgIpc) is 1.66. The molecule has 0 saturated heterocycles. The summed E-state index contributed by atoms with van der Waals surface area (Å²) in [5, 5.41) is -3.79. The fourth-order valence-electron chi connectivity index (χ4n) is 11.8. The Kier molecular flexibility index (Phi) is 50.4. The molecule has 0 aliphatic heterocycles. The first-order chi connectivity index (χ1) is 66.7. The van der Waals surface area contributed by atoms with Crippen molar-refractivity contribution in [2.24, 2.45) is 5.73 Å². The number of carbonyl (C=O) groups is 7. The van der Waals surface area contributed by atoms with Crippen LogP contribution in [0.15, 0.2) is 195 Å². The third kappa shape index (κ3) is 41.3. The normalized spacial score (nSPS) is 10.6. The van der Waals surface area contributed by atoms with E-state index in [1.165, 1.54) is 189 Å². The molecule has 14 aromatic rings. The molecule has 3 radical (unpaired) electrons. The number of esters is 3. The number of methoxy groups -OCH3 is 7. The number of benzene rings is 6. The van der Waals surface area contributed by atoms with Gasteiger partial charge in [-0.05, 0) is 278 Å². The van der Waals surface area contributed by atoms with Gasteiger partial charge in [0.05, 0.1) is 98.8 Å². The van der Waals surface area contributed by atoms with Gasteiger partial charge in [-0.2, -0.15) is 4.98 Å². The molecule has 6 aromatic carbocycles. The van der Waals surface area contributed by atoms with Crippen molar-refractivity contribution in [1.82, 2.24) is 68.6 Å². The molecule has 33 nitrogen and oxygen atoms in total. The maximum Gasteiger partial charge on any atom is 1.00 e. The van der Waals surface area contributed by atoms with E-state index in [4.69, 9.17) is 61.0 Å². The Balaban J connectivity index is 0.000000350. The number of nitrogens with two attached hydrogens (primary N) is 2. The predicted molar refractivity (Wildman–Crippen MR) is 538 cm³/mol. The van der Waals surface area contributed by atoms with Crippen LogP contribution in [0.3, 0.4) is 0 Å². The number of fused-ring (bicyclic) bond motifs is 2. The predicted octanol–water partition coefficient (Wildman–Crippen LogP) is 16.4. The molecule has 0 spiro atoms. The molecule has 0 aliphatic carbocycles. The topological polar surface area (TPSA) is 435 Å². The van der Waals surface area contributed by atoms with Gasteiger partial charge in [0.1, 0.15) is 105 Å². The maximum atomic E-state index is 13.1. The van der Waals surface area contributed by atoms with Gasteiger partial charge < -0.3 is 55.5 Å². The standard InChI is InChI=1S/C20H23FN2O4.C15H12FN3O3.C14H12FIN2O2.C14H14FN3O2.C13H9FIN3O.C12H19N3O3.C7H4ClFO.B.Cl3OP.Na.H/c1-20(2,3)27-18(25)11-15-12-22-16(19(23-15)26-4)9-10-17(24)13-5-7-14(21)8-6-13;1-21-14-12-7-17-13(9-3-5-10(16)6-4-9)19(12)8-11(18-14)15(20)22-2;2*1-20-14-11(17-8-13(16)18-14)6-7-12(19)9-2-4-10(15)5-3-9;1-19-13-10-6-16-12(18(10)7-11(15)17-13)8-2-4-9(14)5-3-8;1-12(2,3)18-10(16)5-8-7-14-9(6-13)11(15-8)17-4;8-7(10)5-1-3-6(9)4-2-5;;1-5(2,3)4;;/h5-8,12H,9-11H2,1-4H3;3-8H,1-2H3;2-5,8H,6-7H2,1H3;2-5,8H,6-7H2,1H3,(H2,16,18);2-7H,1H3;7H,5-6,13H2,1-4H3;1-4H;;;;/q;;;;;;;;;+1;-1. The Morgan fingerprint density at radius 2 is 0.706 bits per heavy atom. The van der Waals surface area contributed by atoms with Crippen molar-refractivity contribution in [3.63, 3.8) is 0 Å². The number of imidazole rings is 2. The largest absolute Gasteiger partial charge is 1.00 e. The summed E-state index contributed by atoms with van der Waals surface area (Å²) in [4.78, 5) is 132. The van der Waals surface area contributed by atoms with Gasteiger partial charge in [-0.3, -0.25) is 62.1 Å². The number of halogens is 12. The SMILES string of the molecule is COC(=O)c1cn2c(-c3ccc(F)cc3)ncc2c(OC)n1.COc1nc(CC(=O)OC(C)(C)C)cnc1CCC(=O)c1ccc(F)cc1.COc1nc(CC(=O)OC(C)(C)C)cnc1CN.COc1nc(I)cn2c(-c3ccc(F)cc3)ncc12.COc1nc(I)cnc1CCC(=O)c1ccc(F)cc1.COc1nc(N)cnc1CCC(=O)c1ccc(F)cc1.O=C(Cl)c1ccc(F)cc1.O=P(Cl)(Cl)Cl.[B].[H-].[Na+]. The van der Waals surface area contributed by atoms with Gasteiger partial charge in [-0.25, -0.2) is 66.0 Å². The number of carbonyl (C=O) groups excluding carboxylic acids is 7. The minimum Gasteiger partial charge on any atom is -1.00 e. The number of ketones is 3. The van der Waals surface area contributed by atoms with E-state index < -0.39 is 33.6 Å². The van der Waals surface area contributed by atoms with Crippen molar-refractivity contribution in [3.8, 4) is 58.1 Å². The molecule has 0 unspecified atom stereocenters. The Morgan fingerprint density at radius 3 is 1.05 bits per heavy atom. The van der Waals surface area contributed by atoms with Crippen LogP contribution in [0, 0.1) is 42.3 Å². The number of ether oxygens (including phenoxy) is 9. The second-order valence-electron chi connectivity index (χ2n) is 30.6. The second-order valence-corrected chi connectivity index (χ2v) is 39.8. The van der Waals surface area contributed by atoms with Crippen molar-refractivity contribution < 1.29 is 138 Å². The summed E-state index contributed by atoms with van der Waals surface area (Å²) in [6.45, 7) is 11.1. The third-order valence-electron chi connectivity index (χ3n) is 18.1. The van der Waals surface area contributed by atoms with E-state index in [1.54, 1.807) is 75.1 Å². The van der Waals surface area contributed by atoms with Crippen LogP contribution in [0.25, 0.3) is 33.8 Å². The van der Waals surface area contributed by atoms with Crippen LogP contribution in [0.1, 0.15) is 148 Å². The van der Waals surface area contributed by atoms with E-state index in [2.05, 4.69) is 121 Å². The summed E-state index contributed by atoms with van der Waals surface area (Å²) in [5.41, 5.74) is 17.8. The molecule has 48 heteroatoms. The summed E-state index contributed by atoms with van der Waals surface area (Å²) in [5.74, 6) is -0.0342. The molecule has 4 N–H and O–H groups in total. The number of aromatic nitrogens is 14. The molecule has 749 valence electrons. The minimum absolute atomic E-state index is 0. The number of nitrogen functional groups attached to an aromatic ring is 1. The molecule has 8 aromatic heterocycles. The Bertz CT molecular complexity index is 6560. The van der Waals surface area contributed by atoms with Crippen LogP contribution < -0.4 is 69.4 Å². The number of rotatable bonds is 27. The number of nitrogens with zero attached hydrogens (tertiary/aromatic N) is 14. The zero-order valence-corrected chi connectivity index (χ0v) is 89.5. The quantitative estimate of drug-likeness (QED) is 0.00705. The molecule has 0 atom stereocenters. The van der Waals surface area contributed by atoms with Crippen molar-refractivity contribution in [2.45, 2.75) is 111 Å². The third-order valence-corrected chi connectivity index (χ3v) is 19.3. The number of hydrogen-bond acceptors (Lipinski definition) is 31. The zero-order valence-electron chi connectivity index (χ0n) is 80.3.